The molecular weight excluding hydrogens is 374 g/mol. The lowest BCUT2D eigenvalue weighted by molar-refractivity contribution is -0.118. The van der Waals surface area contributed by atoms with Gasteiger partial charge in [0.05, 0.1) is 10.2 Å². The molecule has 1 aromatic carbocycles. The molecule has 1 amide bonds. The molecular formula is C16H16BrN5O2. The minimum absolute atomic E-state index is 0.0474. The van der Waals surface area contributed by atoms with Crippen LogP contribution in [0.3, 0.4) is 0 Å². The van der Waals surface area contributed by atoms with Gasteiger partial charge in [0, 0.05) is 17.9 Å². The van der Waals surface area contributed by atoms with Crippen LogP contribution in [-0.4, -0.2) is 28.5 Å². The molecule has 24 heavy (non-hydrogen) atoms. The number of carbonyl (C=O) groups excluding carboxylic acids is 1. The van der Waals surface area contributed by atoms with Crippen LogP contribution in [0.1, 0.15) is 19.3 Å². The summed E-state index contributed by atoms with van der Waals surface area (Å²) in [6, 6.07) is 5.96. The van der Waals surface area contributed by atoms with Crippen LogP contribution in [0.2, 0.25) is 0 Å². The van der Waals surface area contributed by atoms with Crippen LogP contribution < -0.4 is 20.7 Å². The summed E-state index contributed by atoms with van der Waals surface area (Å²) in [6.07, 6.45) is 5.32. The van der Waals surface area contributed by atoms with Crippen molar-refractivity contribution < 1.29 is 9.53 Å². The summed E-state index contributed by atoms with van der Waals surface area (Å²) in [5, 5.41) is 9.35. The third-order valence-electron chi connectivity index (χ3n) is 4.06. The summed E-state index contributed by atoms with van der Waals surface area (Å²) in [5.41, 5.74) is 1.41. The molecule has 2 aliphatic rings. The van der Waals surface area contributed by atoms with Gasteiger partial charge >= 0.3 is 0 Å². The second-order valence-corrected chi connectivity index (χ2v) is 6.69. The number of benzene rings is 1. The minimum Gasteiger partial charge on any atom is -0.482 e. The first-order chi connectivity index (χ1) is 11.7. The van der Waals surface area contributed by atoms with E-state index in [-0.39, 0.29) is 12.5 Å². The first-order valence-electron chi connectivity index (χ1n) is 7.80. The number of aromatic nitrogens is 2. The number of nitrogens with one attached hydrogen (secondary N) is 3. The summed E-state index contributed by atoms with van der Waals surface area (Å²) in [6.45, 7) is 0.0474. The average molecular weight is 390 g/mol. The fourth-order valence-corrected chi connectivity index (χ4v) is 2.87. The summed E-state index contributed by atoms with van der Waals surface area (Å²) in [5.74, 6) is 1.77. The molecule has 0 saturated heterocycles. The molecule has 8 heteroatoms. The lowest BCUT2D eigenvalue weighted by Crippen LogP contribution is -2.27. The molecule has 2 heterocycles. The Bertz CT molecular complexity index is 794. The second kappa shape index (κ2) is 6.27. The third-order valence-corrected chi connectivity index (χ3v) is 4.64. The number of hydrogen-bond donors (Lipinski definition) is 3. The SMILES string of the molecule is O=C1COc2ccc(Nc3ncc(Br)c(NC4CCC4)n3)cc2N1. The van der Waals surface area contributed by atoms with Gasteiger partial charge in [-0.1, -0.05) is 0 Å². The van der Waals surface area contributed by atoms with Crippen molar-refractivity contribution in [1.82, 2.24) is 9.97 Å². The zero-order chi connectivity index (χ0) is 16.5. The van der Waals surface area contributed by atoms with E-state index in [9.17, 15) is 4.79 Å². The Hall–Kier alpha value is -2.35. The number of anilines is 4. The Morgan fingerprint density at radius 3 is 3.00 bits per heavy atom. The fraction of sp³-hybridized carbons (Fsp3) is 0.312. The molecule has 2 aromatic rings. The maximum atomic E-state index is 11.4. The van der Waals surface area contributed by atoms with Gasteiger partial charge in [0.2, 0.25) is 5.95 Å². The standard InChI is InChI=1S/C16H16BrN5O2/c17-11-7-18-16(22-15(11)19-9-2-1-3-9)20-10-4-5-13-12(6-10)21-14(23)8-24-13/h4-7,9H,1-3,8H2,(H,21,23)(H2,18,19,20,22). The van der Waals surface area contributed by atoms with Crippen LogP contribution in [0.15, 0.2) is 28.9 Å². The van der Waals surface area contributed by atoms with Gasteiger partial charge in [0.15, 0.2) is 6.61 Å². The number of fused-ring (bicyclic) bond motifs is 1. The van der Waals surface area contributed by atoms with Gasteiger partial charge < -0.3 is 20.7 Å². The van der Waals surface area contributed by atoms with Gasteiger partial charge in [-0.15, -0.1) is 0 Å². The van der Waals surface area contributed by atoms with Crippen LogP contribution in [0.4, 0.5) is 23.1 Å². The highest BCUT2D eigenvalue weighted by Crippen LogP contribution is 2.32. The Balaban J connectivity index is 1.53. The molecule has 0 atom stereocenters. The van der Waals surface area contributed by atoms with Crippen LogP contribution >= 0.6 is 15.9 Å². The Labute approximate surface area is 147 Å². The quantitative estimate of drug-likeness (QED) is 0.743. The summed E-state index contributed by atoms with van der Waals surface area (Å²) in [7, 11) is 0. The van der Waals surface area contributed by atoms with Crippen molar-refractivity contribution in [3.8, 4) is 5.75 Å². The first-order valence-corrected chi connectivity index (χ1v) is 8.59. The molecule has 124 valence electrons. The predicted molar refractivity (Wildman–Crippen MR) is 94.8 cm³/mol. The smallest absolute Gasteiger partial charge is 0.262 e. The maximum absolute atomic E-state index is 11.4. The Morgan fingerprint density at radius 2 is 2.21 bits per heavy atom. The topological polar surface area (TPSA) is 88.2 Å². The van der Waals surface area contributed by atoms with E-state index in [0.29, 0.717) is 23.4 Å². The van der Waals surface area contributed by atoms with Gasteiger partial charge in [-0.25, -0.2) is 4.98 Å². The summed E-state index contributed by atoms with van der Waals surface area (Å²) >= 11 is 3.47. The highest BCUT2D eigenvalue weighted by Gasteiger charge is 2.19. The van der Waals surface area contributed by atoms with E-state index in [1.807, 2.05) is 12.1 Å². The average Bonchev–Trinajstić information content (AvgIpc) is 2.53. The van der Waals surface area contributed by atoms with Gasteiger partial charge in [0.1, 0.15) is 11.6 Å². The highest BCUT2D eigenvalue weighted by atomic mass is 79.9. The van der Waals surface area contributed by atoms with Crippen LogP contribution in [0, 0.1) is 0 Å². The van der Waals surface area contributed by atoms with Gasteiger partial charge in [-0.2, -0.15) is 4.98 Å². The molecule has 1 saturated carbocycles. The van der Waals surface area contributed by atoms with Gasteiger partial charge in [-0.05, 0) is 53.4 Å². The fourth-order valence-electron chi connectivity index (χ4n) is 2.56. The van der Waals surface area contributed by atoms with E-state index in [4.69, 9.17) is 4.74 Å². The summed E-state index contributed by atoms with van der Waals surface area (Å²) in [4.78, 5) is 20.2. The van der Waals surface area contributed by atoms with Crippen molar-refractivity contribution in [3.63, 3.8) is 0 Å². The lowest BCUT2D eigenvalue weighted by atomic mass is 9.93. The van der Waals surface area contributed by atoms with Crippen molar-refractivity contribution in [1.29, 1.82) is 0 Å². The molecule has 0 bridgehead atoms. The van der Waals surface area contributed by atoms with E-state index < -0.39 is 0 Å². The van der Waals surface area contributed by atoms with E-state index in [1.54, 1.807) is 12.3 Å². The molecule has 0 unspecified atom stereocenters. The molecule has 3 N–H and O–H groups in total. The van der Waals surface area contributed by atoms with Crippen molar-refractivity contribution >= 4 is 45.0 Å². The number of carbonyl (C=O) groups is 1. The Morgan fingerprint density at radius 1 is 1.33 bits per heavy atom. The van der Waals surface area contributed by atoms with Crippen molar-refractivity contribution in [2.24, 2.45) is 0 Å². The Kier molecular flexibility index (Phi) is 3.97. The molecule has 1 aromatic heterocycles. The monoisotopic (exact) mass is 389 g/mol. The van der Waals surface area contributed by atoms with Crippen molar-refractivity contribution in [3.05, 3.63) is 28.9 Å². The van der Waals surface area contributed by atoms with Gasteiger partial charge in [0.25, 0.3) is 5.91 Å². The normalized spacial score (nSPS) is 16.5. The zero-order valence-corrected chi connectivity index (χ0v) is 14.4. The van der Waals surface area contributed by atoms with Crippen LogP contribution in [-0.2, 0) is 4.79 Å². The lowest BCUT2D eigenvalue weighted by Gasteiger charge is -2.27. The van der Waals surface area contributed by atoms with Crippen LogP contribution in [0.5, 0.6) is 5.75 Å². The molecule has 1 aliphatic heterocycles. The largest absolute Gasteiger partial charge is 0.482 e. The minimum atomic E-state index is -0.161. The third kappa shape index (κ3) is 3.14. The number of nitrogens with zero attached hydrogens (tertiary/aromatic N) is 2. The predicted octanol–water partition coefficient (Wildman–Crippen LogP) is 3.28. The number of halogens is 1. The number of hydrogen-bond acceptors (Lipinski definition) is 6. The molecule has 7 nitrogen and oxygen atoms in total. The van der Waals surface area contributed by atoms with Crippen molar-refractivity contribution in [2.75, 3.05) is 22.6 Å². The zero-order valence-electron chi connectivity index (χ0n) is 12.8. The van der Waals surface area contributed by atoms with Crippen LogP contribution in [0.25, 0.3) is 0 Å². The molecule has 1 aliphatic carbocycles. The van der Waals surface area contributed by atoms with E-state index in [1.165, 1.54) is 19.3 Å². The molecule has 0 radical (unpaired) electrons. The first kappa shape index (κ1) is 15.2. The van der Waals surface area contributed by atoms with Gasteiger partial charge in [-0.3, -0.25) is 4.79 Å². The number of rotatable bonds is 4. The summed E-state index contributed by atoms with van der Waals surface area (Å²) < 4.78 is 6.19. The van der Waals surface area contributed by atoms with E-state index in [2.05, 4.69) is 41.8 Å². The van der Waals surface area contributed by atoms with E-state index >= 15 is 0 Å². The van der Waals surface area contributed by atoms with Crippen molar-refractivity contribution in [2.45, 2.75) is 25.3 Å². The maximum Gasteiger partial charge on any atom is 0.262 e. The van der Waals surface area contributed by atoms with E-state index in [0.717, 1.165) is 16.0 Å². The molecule has 4 rings (SSSR count). The number of amides is 1. The number of ether oxygens (including phenoxy) is 1. The second-order valence-electron chi connectivity index (χ2n) is 5.84. The molecule has 1 fully saturated rings. The molecule has 0 spiro atoms. The highest BCUT2D eigenvalue weighted by molar-refractivity contribution is 9.10.